The fourth-order valence-corrected chi connectivity index (χ4v) is 1.95. The number of aliphatic hydroxyl groups is 1. The first-order valence-corrected chi connectivity index (χ1v) is 5.09. The number of aliphatic hydroxyl groups excluding tert-OH is 1. The molecule has 1 fully saturated rings. The van der Waals surface area contributed by atoms with E-state index < -0.39 is 0 Å². The van der Waals surface area contributed by atoms with Crippen molar-refractivity contribution in [3.63, 3.8) is 0 Å². The molecule has 0 saturated heterocycles. The summed E-state index contributed by atoms with van der Waals surface area (Å²) in [5.41, 5.74) is 0.000787. The van der Waals surface area contributed by atoms with Crippen LogP contribution in [0.2, 0.25) is 0 Å². The summed E-state index contributed by atoms with van der Waals surface area (Å²) in [6.07, 6.45) is 4.88. The lowest BCUT2D eigenvalue weighted by Gasteiger charge is -2.26. The zero-order valence-electron chi connectivity index (χ0n) is 8.77. The summed E-state index contributed by atoms with van der Waals surface area (Å²) < 4.78 is 1.79. The molecule has 1 N–H and O–H groups in total. The zero-order valence-corrected chi connectivity index (χ0v) is 8.77. The SMILES string of the molecule is Cn1ncnc1CC(C)(CO)C1CC1. The first-order chi connectivity index (χ1) is 6.65. The number of rotatable bonds is 4. The van der Waals surface area contributed by atoms with Crippen molar-refractivity contribution in [1.29, 1.82) is 0 Å². The van der Waals surface area contributed by atoms with Crippen LogP contribution in [0.1, 0.15) is 25.6 Å². The molecular weight excluding hydrogens is 178 g/mol. The zero-order chi connectivity index (χ0) is 10.2. The molecule has 0 amide bonds. The van der Waals surface area contributed by atoms with Gasteiger partial charge in [0.1, 0.15) is 12.2 Å². The molecule has 1 aliphatic rings. The van der Waals surface area contributed by atoms with Crippen molar-refractivity contribution >= 4 is 0 Å². The maximum atomic E-state index is 9.43. The van der Waals surface area contributed by atoms with E-state index in [2.05, 4.69) is 17.0 Å². The van der Waals surface area contributed by atoms with Crippen LogP contribution < -0.4 is 0 Å². The number of aromatic nitrogens is 3. The van der Waals surface area contributed by atoms with Crippen LogP contribution in [0.25, 0.3) is 0 Å². The Balaban J connectivity index is 2.11. The Morgan fingerprint density at radius 3 is 2.79 bits per heavy atom. The highest BCUT2D eigenvalue weighted by molar-refractivity contribution is 4.98. The standard InChI is InChI=1S/C10H17N3O/c1-10(6-14,8-3-4-8)5-9-11-7-12-13(9)2/h7-8,14H,3-6H2,1-2H3. The van der Waals surface area contributed by atoms with Gasteiger partial charge in [0.25, 0.3) is 0 Å². The Kier molecular flexibility index (Phi) is 2.31. The van der Waals surface area contributed by atoms with E-state index in [0.717, 1.165) is 12.2 Å². The summed E-state index contributed by atoms with van der Waals surface area (Å²) in [7, 11) is 1.90. The molecule has 4 nitrogen and oxygen atoms in total. The van der Waals surface area contributed by atoms with Crippen molar-refractivity contribution in [3.8, 4) is 0 Å². The monoisotopic (exact) mass is 195 g/mol. The lowest BCUT2D eigenvalue weighted by Crippen LogP contribution is -2.28. The highest BCUT2D eigenvalue weighted by Crippen LogP contribution is 2.46. The molecule has 4 heteroatoms. The molecule has 0 aliphatic heterocycles. The Morgan fingerprint density at radius 2 is 2.36 bits per heavy atom. The first-order valence-electron chi connectivity index (χ1n) is 5.09. The maximum absolute atomic E-state index is 9.43. The van der Waals surface area contributed by atoms with E-state index >= 15 is 0 Å². The van der Waals surface area contributed by atoms with Crippen LogP contribution in [0, 0.1) is 11.3 Å². The molecule has 14 heavy (non-hydrogen) atoms. The highest BCUT2D eigenvalue weighted by Gasteiger charge is 2.41. The van der Waals surface area contributed by atoms with E-state index in [1.54, 1.807) is 11.0 Å². The fourth-order valence-electron chi connectivity index (χ4n) is 1.95. The predicted molar refractivity (Wildman–Crippen MR) is 52.6 cm³/mol. The van der Waals surface area contributed by atoms with E-state index in [1.807, 2.05) is 7.05 Å². The molecular formula is C10H17N3O. The average Bonchev–Trinajstić information content (AvgIpc) is 2.95. The number of aryl methyl sites for hydroxylation is 1. The van der Waals surface area contributed by atoms with Gasteiger partial charge in [-0.1, -0.05) is 6.92 Å². The lowest BCUT2D eigenvalue weighted by molar-refractivity contribution is 0.116. The van der Waals surface area contributed by atoms with Gasteiger partial charge in [-0.25, -0.2) is 4.98 Å². The number of hydrogen-bond acceptors (Lipinski definition) is 3. The molecule has 1 atom stereocenters. The second-order valence-corrected chi connectivity index (χ2v) is 4.56. The number of hydrogen-bond donors (Lipinski definition) is 1. The second-order valence-electron chi connectivity index (χ2n) is 4.56. The van der Waals surface area contributed by atoms with Crippen LogP contribution >= 0.6 is 0 Å². The Morgan fingerprint density at radius 1 is 1.64 bits per heavy atom. The number of nitrogens with zero attached hydrogens (tertiary/aromatic N) is 3. The van der Waals surface area contributed by atoms with Gasteiger partial charge in [0.05, 0.1) is 0 Å². The van der Waals surface area contributed by atoms with Gasteiger partial charge in [0, 0.05) is 25.5 Å². The molecule has 0 radical (unpaired) electrons. The Bertz CT molecular complexity index is 319. The van der Waals surface area contributed by atoms with Gasteiger partial charge in [-0.05, 0) is 18.8 Å². The molecule has 1 unspecified atom stereocenters. The molecule has 0 aromatic carbocycles. The molecule has 78 valence electrons. The maximum Gasteiger partial charge on any atom is 0.138 e. The van der Waals surface area contributed by atoms with Crippen molar-refractivity contribution in [2.45, 2.75) is 26.2 Å². The van der Waals surface area contributed by atoms with E-state index in [4.69, 9.17) is 0 Å². The first kappa shape index (κ1) is 9.65. The molecule has 0 bridgehead atoms. The molecule has 1 aliphatic carbocycles. The minimum atomic E-state index is 0.000787. The minimum absolute atomic E-state index is 0.000787. The smallest absolute Gasteiger partial charge is 0.138 e. The van der Waals surface area contributed by atoms with Gasteiger partial charge in [0.15, 0.2) is 0 Å². The van der Waals surface area contributed by atoms with Crippen molar-refractivity contribution in [1.82, 2.24) is 14.8 Å². The fraction of sp³-hybridized carbons (Fsp3) is 0.800. The average molecular weight is 195 g/mol. The summed E-state index contributed by atoms with van der Waals surface area (Å²) >= 11 is 0. The van der Waals surface area contributed by atoms with E-state index in [0.29, 0.717) is 5.92 Å². The Labute approximate surface area is 84.0 Å². The van der Waals surface area contributed by atoms with Crippen molar-refractivity contribution in [2.75, 3.05) is 6.61 Å². The van der Waals surface area contributed by atoms with Crippen molar-refractivity contribution in [3.05, 3.63) is 12.2 Å². The Hall–Kier alpha value is -0.900. The third kappa shape index (κ3) is 1.66. The molecule has 0 spiro atoms. The van der Waals surface area contributed by atoms with Crippen LogP contribution in [0.5, 0.6) is 0 Å². The third-order valence-electron chi connectivity index (χ3n) is 3.29. The summed E-state index contributed by atoms with van der Waals surface area (Å²) in [6, 6.07) is 0. The molecule has 2 rings (SSSR count). The van der Waals surface area contributed by atoms with Crippen molar-refractivity contribution in [2.24, 2.45) is 18.4 Å². The van der Waals surface area contributed by atoms with Gasteiger partial charge in [0.2, 0.25) is 0 Å². The van der Waals surface area contributed by atoms with Gasteiger partial charge in [-0.2, -0.15) is 5.10 Å². The summed E-state index contributed by atoms with van der Waals surface area (Å²) in [6.45, 7) is 2.38. The summed E-state index contributed by atoms with van der Waals surface area (Å²) in [5.74, 6) is 1.64. The van der Waals surface area contributed by atoms with Crippen LogP contribution in [-0.2, 0) is 13.5 Å². The second kappa shape index (κ2) is 3.35. The minimum Gasteiger partial charge on any atom is -0.396 e. The van der Waals surface area contributed by atoms with Gasteiger partial charge >= 0.3 is 0 Å². The third-order valence-corrected chi connectivity index (χ3v) is 3.29. The lowest BCUT2D eigenvalue weighted by atomic mass is 9.82. The van der Waals surface area contributed by atoms with Crippen LogP contribution in [0.3, 0.4) is 0 Å². The van der Waals surface area contributed by atoms with E-state index in [9.17, 15) is 5.11 Å². The quantitative estimate of drug-likeness (QED) is 0.772. The topological polar surface area (TPSA) is 50.9 Å². The highest BCUT2D eigenvalue weighted by atomic mass is 16.3. The molecule has 1 aromatic heterocycles. The van der Waals surface area contributed by atoms with E-state index in [-0.39, 0.29) is 12.0 Å². The van der Waals surface area contributed by atoms with Crippen LogP contribution in [-0.4, -0.2) is 26.5 Å². The summed E-state index contributed by atoms with van der Waals surface area (Å²) in [4.78, 5) is 4.20. The molecule has 1 saturated carbocycles. The summed E-state index contributed by atoms with van der Waals surface area (Å²) in [5, 5.41) is 13.5. The predicted octanol–water partition coefficient (Wildman–Crippen LogP) is 0.766. The molecule has 1 aromatic rings. The van der Waals surface area contributed by atoms with Crippen LogP contribution in [0.15, 0.2) is 6.33 Å². The normalized spacial score (nSPS) is 20.8. The van der Waals surface area contributed by atoms with Gasteiger partial charge in [-0.3, -0.25) is 4.68 Å². The van der Waals surface area contributed by atoms with Gasteiger partial charge in [-0.15, -0.1) is 0 Å². The molecule has 1 heterocycles. The van der Waals surface area contributed by atoms with Crippen LogP contribution in [0.4, 0.5) is 0 Å². The van der Waals surface area contributed by atoms with Gasteiger partial charge < -0.3 is 5.11 Å². The van der Waals surface area contributed by atoms with Crippen molar-refractivity contribution < 1.29 is 5.11 Å². The van der Waals surface area contributed by atoms with E-state index in [1.165, 1.54) is 12.8 Å². The largest absolute Gasteiger partial charge is 0.396 e.